The summed E-state index contributed by atoms with van der Waals surface area (Å²) in [7, 11) is 0. The Morgan fingerprint density at radius 3 is 2.38 bits per heavy atom. The van der Waals surface area contributed by atoms with E-state index < -0.39 is 0 Å². The largest absolute Gasteiger partial charge is 1.00 e. The molecule has 1 saturated heterocycles. The first-order valence-corrected chi connectivity index (χ1v) is 2.85. The normalized spacial score (nSPS) is 22.1. The van der Waals surface area contributed by atoms with Gasteiger partial charge in [0.05, 0.1) is 0 Å². The Kier molecular flexibility index (Phi) is 6.77. The maximum absolute atomic E-state index is 5.19. The Bertz CT molecular complexity index is 50.5. The second-order valence-corrected chi connectivity index (χ2v) is 2.01. The van der Waals surface area contributed by atoms with Crippen molar-refractivity contribution in [1.29, 1.82) is 0 Å². The molecule has 0 saturated carbocycles. The molecule has 0 aromatic heterocycles. The number of hydrogen-bond acceptors (Lipinski definition) is 1. The standard InChI is InChI=1S/C6H11O.Rb/c1-6-4-2-3-5-7-6;/h2-5H2,1H3;/q-1;+1. The van der Waals surface area contributed by atoms with Gasteiger partial charge >= 0.3 is 58.2 Å². The van der Waals surface area contributed by atoms with Crippen molar-refractivity contribution in [1.82, 2.24) is 0 Å². The molecule has 1 aliphatic heterocycles. The van der Waals surface area contributed by atoms with E-state index in [-0.39, 0.29) is 58.2 Å². The summed E-state index contributed by atoms with van der Waals surface area (Å²) in [5.74, 6) is 0. The fourth-order valence-electron chi connectivity index (χ4n) is 0.795. The summed E-state index contributed by atoms with van der Waals surface area (Å²) >= 11 is 0. The van der Waals surface area contributed by atoms with Gasteiger partial charge in [-0.3, -0.25) is 0 Å². The van der Waals surface area contributed by atoms with Crippen LogP contribution >= 0.6 is 0 Å². The zero-order chi connectivity index (χ0) is 5.11. The molecule has 1 heterocycles. The first-order valence-electron chi connectivity index (χ1n) is 2.85. The van der Waals surface area contributed by atoms with Crippen molar-refractivity contribution in [3.05, 3.63) is 6.10 Å². The molecule has 0 atom stereocenters. The number of hydrogen-bond donors (Lipinski definition) is 0. The van der Waals surface area contributed by atoms with Gasteiger partial charge in [-0.15, -0.1) is 0 Å². The fraction of sp³-hybridized carbons (Fsp3) is 0.833. The summed E-state index contributed by atoms with van der Waals surface area (Å²) in [6.45, 7) is 3.00. The van der Waals surface area contributed by atoms with Crippen molar-refractivity contribution in [2.24, 2.45) is 0 Å². The minimum atomic E-state index is 0. The van der Waals surface area contributed by atoms with Gasteiger partial charge in [0.1, 0.15) is 0 Å². The zero-order valence-electron chi connectivity index (χ0n) is 5.74. The summed E-state index contributed by atoms with van der Waals surface area (Å²) in [5, 5.41) is 0. The van der Waals surface area contributed by atoms with Crippen molar-refractivity contribution in [3.8, 4) is 0 Å². The molecule has 1 fully saturated rings. The molecular weight excluding hydrogens is 174 g/mol. The van der Waals surface area contributed by atoms with Crippen LogP contribution in [0.5, 0.6) is 0 Å². The van der Waals surface area contributed by atoms with Crippen LogP contribution in [0.4, 0.5) is 0 Å². The van der Waals surface area contributed by atoms with Crippen LogP contribution in [0.15, 0.2) is 0 Å². The molecule has 42 valence electrons. The van der Waals surface area contributed by atoms with Crippen LogP contribution in [-0.4, -0.2) is 6.61 Å². The Balaban J connectivity index is 0.000000490. The van der Waals surface area contributed by atoms with Crippen molar-refractivity contribution >= 4 is 0 Å². The molecule has 0 aromatic rings. The van der Waals surface area contributed by atoms with Gasteiger partial charge < -0.3 is 4.74 Å². The molecule has 0 spiro atoms. The third kappa shape index (κ3) is 3.73. The number of ether oxygens (including phenoxy) is 1. The van der Waals surface area contributed by atoms with Crippen molar-refractivity contribution in [3.63, 3.8) is 0 Å². The molecular formula is C6H11ORb. The Morgan fingerprint density at radius 1 is 1.38 bits per heavy atom. The first kappa shape index (κ1) is 9.77. The summed E-state index contributed by atoms with van der Waals surface area (Å²) in [6.07, 6.45) is 4.97. The third-order valence-corrected chi connectivity index (χ3v) is 1.27. The van der Waals surface area contributed by atoms with Gasteiger partial charge in [-0.25, -0.2) is 0 Å². The van der Waals surface area contributed by atoms with E-state index in [9.17, 15) is 0 Å². The van der Waals surface area contributed by atoms with Crippen LogP contribution in [0.3, 0.4) is 0 Å². The average molecular weight is 185 g/mol. The van der Waals surface area contributed by atoms with Gasteiger partial charge in [0.2, 0.25) is 0 Å². The molecule has 1 rings (SSSR count). The predicted molar refractivity (Wildman–Crippen MR) is 28.7 cm³/mol. The van der Waals surface area contributed by atoms with Gasteiger partial charge in [-0.1, -0.05) is 6.42 Å². The van der Waals surface area contributed by atoms with Gasteiger partial charge in [-0.2, -0.15) is 19.4 Å². The van der Waals surface area contributed by atoms with E-state index in [0.29, 0.717) is 0 Å². The quantitative estimate of drug-likeness (QED) is 0.428. The van der Waals surface area contributed by atoms with Gasteiger partial charge in [-0.05, 0) is 6.42 Å². The molecule has 0 N–H and O–H groups in total. The van der Waals surface area contributed by atoms with E-state index in [4.69, 9.17) is 4.74 Å². The summed E-state index contributed by atoms with van der Waals surface area (Å²) in [5.41, 5.74) is 0. The topological polar surface area (TPSA) is 9.23 Å². The SMILES string of the molecule is C[C-]1CCCCO1.[Rb+]. The molecule has 0 aromatic carbocycles. The molecule has 0 radical (unpaired) electrons. The van der Waals surface area contributed by atoms with E-state index in [2.05, 4.69) is 6.92 Å². The van der Waals surface area contributed by atoms with E-state index in [1.54, 1.807) is 0 Å². The van der Waals surface area contributed by atoms with Gasteiger partial charge in [0.15, 0.2) is 0 Å². The molecule has 0 aliphatic carbocycles. The van der Waals surface area contributed by atoms with E-state index >= 15 is 0 Å². The fourth-order valence-corrected chi connectivity index (χ4v) is 0.795. The van der Waals surface area contributed by atoms with Crippen LogP contribution in [0.25, 0.3) is 0 Å². The average Bonchev–Trinajstić information content (AvgIpc) is 1.69. The molecule has 1 nitrogen and oxygen atoms in total. The maximum Gasteiger partial charge on any atom is 1.00 e. The van der Waals surface area contributed by atoms with E-state index in [1.807, 2.05) is 0 Å². The third-order valence-electron chi connectivity index (χ3n) is 1.27. The van der Waals surface area contributed by atoms with Crippen LogP contribution in [0, 0.1) is 6.10 Å². The van der Waals surface area contributed by atoms with Crippen molar-refractivity contribution in [2.75, 3.05) is 6.61 Å². The minimum Gasteiger partial charge on any atom is -0.549 e. The van der Waals surface area contributed by atoms with Crippen molar-refractivity contribution in [2.45, 2.75) is 26.2 Å². The number of rotatable bonds is 0. The van der Waals surface area contributed by atoms with Crippen molar-refractivity contribution < 1.29 is 62.9 Å². The second kappa shape index (κ2) is 5.54. The second-order valence-electron chi connectivity index (χ2n) is 2.01. The van der Waals surface area contributed by atoms with E-state index in [1.165, 1.54) is 25.4 Å². The van der Waals surface area contributed by atoms with Gasteiger partial charge in [0.25, 0.3) is 0 Å². The smallest absolute Gasteiger partial charge is 0.549 e. The van der Waals surface area contributed by atoms with Gasteiger partial charge in [0, 0.05) is 6.61 Å². The Labute approximate surface area is 100.0 Å². The molecule has 0 amide bonds. The first-order chi connectivity index (χ1) is 3.39. The molecule has 2 heteroatoms. The van der Waals surface area contributed by atoms with Crippen LogP contribution in [0.1, 0.15) is 26.2 Å². The van der Waals surface area contributed by atoms with Crippen LogP contribution in [-0.2, 0) is 4.74 Å². The summed E-state index contributed by atoms with van der Waals surface area (Å²) in [6, 6.07) is 0. The minimum absolute atomic E-state index is 0. The van der Waals surface area contributed by atoms with Crippen LogP contribution < -0.4 is 58.2 Å². The molecule has 1 aliphatic rings. The Hall–Kier alpha value is 1.77. The molecule has 0 bridgehead atoms. The maximum atomic E-state index is 5.19. The summed E-state index contributed by atoms with van der Waals surface area (Å²) < 4.78 is 5.19. The zero-order valence-corrected chi connectivity index (χ0v) is 10.7. The predicted octanol–water partition coefficient (Wildman–Crippen LogP) is -1.26. The van der Waals surface area contributed by atoms with E-state index in [0.717, 1.165) is 6.61 Å². The molecule has 8 heavy (non-hydrogen) atoms. The summed E-state index contributed by atoms with van der Waals surface area (Å²) in [4.78, 5) is 0. The molecule has 0 unspecified atom stereocenters. The monoisotopic (exact) mass is 184 g/mol. The Morgan fingerprint density at radius 2 is 2.12 bits per heavy atom. The van der Waals surface area contributed by atoms with Crippen LogP contribution in [0.2, 0.25) is 0 Å².